The molecule has 2 rings (SSSR count). The number of fused-ring (bicyclic) bond motifs is 2. The summed E-state index contributed by atoms with van der Waals surface area (Å²) >= 11 is 0. The number of carbonyl (C=O) groups excluding carboxylic acids is 3. The predicted molar refractivity (Wildman–Crippen MR) is 157 cm³/mol. The van der Waals surface area contributed by atoms with Gasteiger partial charge in [0.05, 0.1) is 13.2 Å². The van der Waals surface area contributed by atoms with Crippen molar-refractivity contribution >= 4 is 23.8 Å². The standard InChI is InChI=1S/C30H43N3O9/c1-16-11-20-14-21(15-22(34)27(20)40-7)33-28(35)17(2)9-8-10-23(38-5)25(41-29(31)36)18(3)13-19(4)26(42-30(32)37)24(12-16)39-6/h8-10,13-16,19,23-26,34H,11-12H2,1-7H3,(H2,31,36)(H2,32,37)(H,33,35)/b10-8-,17-9+,18-13+/t16-,19+,23?,24+,25+,26?/m1/s1. The van der Waals surface area contributed by atoms with E-state index in [1.807, 2.05) is 13.8 Å². The minimum Gasteiger partial charge on any atom is -0.504 e. The molecule has 3 amide bonds. The molecule has 1 aliphatic rings. The third-order valence-corrected chi connectivity index (χ3v) is 7.04. The molecule has 0 aromatic heterocycles. The Morgan fingerprint density at radius 1 is 1.02 bits per heavy atom. The average molecular weight is 590 g/mol. The van der Waals surface area contributed by atoms with Crippen molar-refractivity contribution in [2.24, 2.45) is 23.3 Å². The number of nitrogens with two attached hydrogens (primary N) is 2. The highest BCUT2D eigenvalue weighted by Crippen LogP contribution is 2.36. The van der Waals surface area contributed by atoms with Crippen LogP contribution < -0.4 is 21.5 Å². The predicted octanol–water partition coefficient (Wildman–Crippen LogP) is 3.96. The van der Waals surface area contributed by atoms with Crippen LogP contribution in [0.1, 0.15) is 39.7 Å². The average Bonchev–Trinajstić information content (AvgIpc) is 2.90. The number of aromatic hydroxyl groups is 1. The van der Waals surface area contributed by atoms with Crippen molar-refractivity contribution in [1.82, 2.24) is 0 Å². The highest BCUT2D eigenvalue weighted by atomic mass is 16.6. The molecule has 12 nitrogen and oxygen atoms in total. The van der Waals surface area contributed by atoms with Crippen LogP contribution in [0.25, 0.3) is 0 Å². The topological polar surface area (TPSA) is 182 Å². The van der Waals surface area contributed by atoms with Gasteiger partial charge in [-0.25, -0.2) is 9.59 Å². The SMILES string of the molecule is COc1c(O)cc2cc1C[C@@H](C)C[C@H](OC)C(OC(N)=O)[C@@H](C)/C=C(\C)[C@H](OC(N)=O)C(OC)/C=C\C=C(/C)C(=O)N2. The van der Waals surface area contributed by atoms with Gasteiger partial charge in [0.15, 0.2) is 17.6 Å². The van der Waals surface area contributed by atoms with Crippen LogP contribution in [0.3, 0.4) is 0 Å². The Kier molecular flexibility index (Phi) is 12.9. The minimum atomic E-state index is -1.01. The van der Waals surface area contributed by atoms with Crippen LogP contribution in [0.4, 0.5) is 15.3 Å². The summed E-state index contributed by atoms with van der Waals surface area (Å²) in [6, 6.07) is 3.15. The van der Waals surface area contributed by atoms with E-state index in [0.717, 1.165) is 0 Å². The summed E-state index contributed by atoms with van der Waals surface area (Å²) in [5.41, 5.74) is 12.8. The number of phenols is 1. The van der Waals surface area contributed by atoms with Crippen molar-refractivity contribution in [3.8, 4) is 11.5 Å². The summed E-state index contributed by atoms with van der Waals surface area (Å²) in [4.78, 5) is 36.6. The molecule has 1 aromatic rings. The monoisotopic (exact) mass is 589 g/mol. The maximum absolute atomic E-state index is 12.9. The number of methoxy groups -OCH3 is 3. The Balaban J connectivity index is 2.68. The highest BCUT2D eigenvalue weighted by molar-refractivity contribution is 6.03. The quantitative estimate of drug-likeness (QED) is 0.369. The number of rotatable bonds is 5. The zero-order valence-electron chi connectivity index (χ0n) is 25.2. The van der Waals surface area contributed by atoms with Gasteiger partial charge in [0, 0.05) is 43.0 Å². The summed E-state index contributed by atoms with van der Waals surface area (Å²) in [6.45, 7) is 7.16. The summed E-state index contributed by atoms with van der Waals surface area (Å²) in [5.74, 6) is -0.736. The maximum Gasteiger partial charge on any atom is 0.405 e. The maximum atomic E-state index is 12.9. The molecule has 12 heteroatoms. The van der Waals surface area contributed by atoms with Crippen molar-refractivity contribution in [2.45, 2.75) is 65.0 Å². The van der Waals surface area contributed by atoms with Crippen LogP contribution in [-0.4, -0.2) is 68.9 Å². The second kappa shape index (κ2) is 15.8. The Labute approximate surface area is 246 Å². The molecule has 42 heavy (non-hydrogen) atoms. The number of hydrogen-bond donors (Lipinski definition) is 4. The van der Waals surface area contributed by atoms with Gasteiger partial charge in [0.1, 0.15) is 12.2 Å². The molecule has 0 fully saturated rings. The first-order valence-corrected chi connectivity index (χ1v) is 13.5. The smallest absolute Gasteiger partial charge is 0.405 e. The molecule has 1 heterocycles. The summed E-state index contributed by atoms with van der Waals surface area (Å²) < 4.78 is 27.8. The van der Waals surface area contributed by atoms with Gasteiger partial charge in [-0.2, -0.15) is 0 Å². The fourth-order valence-corrected chi connectivity index (χ4v) is 5.07. The number of amides is 3. The lowest BCUT2D eigenvalue weighted by atomic mass is 9.88. The third-order valence-electron chi connectivity index (χ3n) is 7.04. The summed E-state index contributed by atoms with van der Waals surface area (Å²) in [5, 5.41) is 13.4. The molecule has 6 atom stereocenters. The first kappa shape index (κ1) is 34.2. The van der Waals surface area contributed by atoms with Crippen LogP contribution in [0.15, 0.2) is 47.6 Å². The third kappa shape index (κ3) is 9.52. The molecule has 0 spiro atoms. The van der Waals surface area contributed by atoms with Crippen molar-refractivity contribution in [3.05, 3.63) is 53.1 Å². The van der Waals surface area contributed by atoms with Gasteiger partial charge < -0.3 is 45.6 Å². The lowest BCUT2D eigenvalue weighted by Crippen LogP contribution is -2.41. The van der Waals surface area contributed by atoms with Gasteiger partial charge in [-0.15, -0.1) is 0 Å². The lowest BCUT2D eigenvalue weighted by molar-refractivity contribution is -0.112. The number of benzene rings is 1. The van der Waals surface area contributed by atoms with Crippen molar-refractivity contribution in [1.29, 1.82) is 0 Å². The molecule has 1 aromatic carbocycles. The highest BCUT2D eigenvalue weighted by Gasteiger charge is 2.33. The fraction of sp³-hybridized carbons (Fsp3) is 0.500. The number of anilines is 1. The van der Waals surface area contributed by atoms with Crippen LogP contribution in [0.5, 0.6) is 11.5 Å². The van der Waals surface area contributed by atoms with Gasteiger partial charge in [-0.3, -0.25) is 4.79 Å². The second-order valence-electron chi connectivity index (χ2n) is 10.4. The number of ether oxygens (including phenoxy) is 5. The summed E-state index contributed by atoms with van der Waals surface area (Å²) in [7, 11) is 4.41. The molecular formula is C30H43N3O9. The van der Waals surface area contributed by atoms with E-state index in [2.05, 4.69) is 5.32 Å². The lowest BCUT2D eigenvalue weighted by Gasteiger charge is -2.32. The number of allylic oxidation sites excluding steroid dienone is 2. The van der Waals surface area contributed by atoms with Crippen LogP contribution >= 0.6 is 0 Å². The van der Waals surface area contributed by atoms with E-state index in [9.17, 15) is 19.5 Å². The summed E-state index contributed by atoms with van der Waals surface area (Å²) in [6.07, 6.45) is 2.38. The van der Waals surface area contributed by atoms with Crippen molar-refractivity contribution in [3.63, 3.8) is 0 Å². The van der Waals surface area contributed by atoms with Gasteiger partial charge in [0.25, 0.3) is 5.91 Å². The van der Waals surface area contributed by atoms with E-state index in [-0.39, 0.29) is 17.4 Å². The van der Waals surface area contributed by atoms with E-state index in [1.54, 1.807) is 44.2 Å². The number of nitrogens with one attached hydrogen (secondary N) is 1. The zero-order valence-corrected chi connectivity index (χ0v) is 25.2. The first-order chi connectivity index (χ1) is 19.8. The van der Waals surface area contributed by atoms with E-state index in [1.165, 1.54) is 27.4 Å². The van der Waals surface area contributed by atoms with Gasteiger partial charge >= 0.3 is 12.2 Å². The molecular weight excluding hydrogens is 546 g/mol. The van der Waals surface area contributed by atoms with Gasteiger partial charge in [-0.1, -0.05) is 38.2 Å². The van der Waals surface area contributed by atoms with E-state index >= 15 is 0 Å². The molecule has 0 saturated carbocycles. The number of hydrogen-bond acceptors (Lipinski definition) is 9. The molecule has 2 unspecified atom stereocenters. The van der Waals surface area contributed by atoms with Crippen molar-refractivity contribution in [2.75, 3.05) is 26.6 Å². The van der Waals surface area contributed by atoms with Gasteiger partial charge in [-0.05, 0) is 44.2 Å². The van der Waals surface area contributed by atoms with Crippen LogP contribution in [-0.2, 0) is 30.2 Å². The largest absolute Gasteiger partial charge is 0.504 e. The van der Waals surface area contributed by atoms with Crippen LogP contribution in [0.2, 0.25) is 0 Å². The fourth-order valence-electron chi connectivity index (χ4n) is 5.07. The normalized spacial score (nSPS) is 29.2. The molecule has 1 aliphatic heterocycles. The Morgan fingerprint density at radius 3 is 2.26 bits per heavy atom. The van der Waals surface area contributed by atoms with Gasteiger partial charge in [0.2, 0.25) is 0 Å². The molecule has 0 saturated heterocycles. The molecule has 0 radical (unpaired) electrons. The number of phenolic OH excluding ortho intramolecular Hbond substituents is 1. The number of primary amides is 2. The van der Waals surface area contributed by atoms with Crippen molar-refractivity contribution < 1.29 is 43.2 Å². The number of carbonyl (C=O) groups is 3. The molecule has 0 aliphatic carbocycles. The van der Waals surface area contributed by atoms with E-state index < -0.39 is 48.4 Å². The Hall–Kier alpha value is -4.03. The van der Waals surface area contributed by atoms with E-state index in [0.29, 0.717) is 35.2 Å². The minimum absolute atomic E-state index is 0.0674. The first-order valence-electron chi connectivity index (χ1n) is 13.5. The zero-order chi connectivity index (χ0) is 31.6. The Bertz CT molecular complexity index is 1210. The molecule has 6 N–H and O–H groups in total. The van der Waals surface area contributed by atoms with E-state index in [4.69, 9.17) is 35.2 Å². The molecule has 232 valence electrons. The molecule has 2 bridgehead atoms. The van der Waals surface area contributed by atoms with Crippen LogP contribution in [0, 0.1) is 11.8 Å². The Morgan fingerprint density at radius 2 is 1.69 bits per heavy atom. The second-order valence-corrected chi connectivity index (χ2v) is 10.4.